The normalized spacial score (nSPS) is 10.8. The van der Waals surface area contributed by atoms with Gasteiger partial charge in [0.2, 0.25) is 0 Å². The Morgan fingerprint density at radius 1 is 1.04 bits per heavy atom. The van der Waals surface area contributed by atoms with Crippen molar-refractivity contribution in [3.8, 4) is 0 Å². The van der Waals surface area contributed by atoms with E-state index < -0.39 is 0 Å². The van der Waals surface area contributed by atoms with E-state index in [1.807, 2.05) is 48.5 Å². The first-order valence-electron chi connectivity index (χ1n) is 7.98. The summed E-state index contributed by atoms with van der Waals surface area (Å²) in [6.45, 7) is 0.517. The van der Waals surface area contributed by atoms with Gasteiger partial charge in [0, 0.05) is 11.1 Å². The summed E-state index contributed by atoms with van der Waals surface area (Å²) in [6.07, 6.45) is 3.11. The van der Waals surface area contributed by atoms with Gasteiger partial charge in [0.15, 0.2) is 0 Å². The topological polar surface area (TPSA) is 72.7 Å². The van der Waals surface area contributed by atoms with Gasteiger partial charge in [0.1, 0.15) is 11.5 Å². The molecule has 0 saturated heterocycles. The van der Waals surface area contributed by atoms with E-state index in [0.29, 0.717) is 22.9 Å². The van der Waals surface area contributed by atoms with E-state index in [9.17, 15) is 4.79 Å². The van der Waals surface area contributed by atoms with Crippen LogP contribution < -0.4 is 5.32 Å². The smallest absolute Gasteiger partial charge is 0.277 e. The maximum Gasteiger partial charge on any atom is 0.277 e. The van der Waals surface area contributed by atoms with Crippen LogP contribution in [0.25, 0.3) is 11.0 Å². The minimum Gasteiger partial charge on any atom is -0.305 e. The number of carbonyl (C=O) groups is 1. The summed E-state index contributed by atoms with van der Waals surface area (Å²) in [4.78, 5) is 21.2. The number of rotatable bonds is 4. The first kappa shape index (κ1) is 16.2. The van der Waals surface area contributed by atoms with Gasteiger partial charge in [-0.25, -0.2) is 9.67 Å². The Kier molecular flexibility index (Phi) is 4.33. The SMILES string of the molecule is O=C(Nc1ccnn1Cc1ccc(Cl)cc1)c1cnc2ccccc2n1. The second kappa shape index (κ2) is 6.93. The number of benzene rings is 2. The molecule has 2 aromatic heterocycles. The molecule has 4 rings (SSSR count). The largest absolute Gasteiger partial charge is 0.305 e. The molecule has 0 atom stereocenters. The third kappa shape index (κ3) is 3.41. The quantitative estimate of drug-likeness (QED) is 0.599. The van der Waals surface area contributed by atoms with Gasteiger partial charge in [-0.05, 0) is 29.8 Å². The van der Waals surface area contributed by atoms with Gasteiger partial charge in [-0.3, -0.25) is 9.78 Å². The highest BCUT2D eigenvalue weighted by Crippen LogP contribution is 2.15. The molecule has 2 aromatic carbocycles. The predicted octanol–water partition coefficient (Wildman–Crippen LogP) is 3.78. The number of hydrogen-bond donors (Lipinski definition) is 1. The van der Waals surface area contributed by atoms with Crippen LogP contribution >= 0.6 is 11.6 Å². The Morgan fingerprint density at radius 3 is 2.62 bits per heavy atom. The van der Waals surface area contributed by atoms with Gasteiger partial charge in [-0.15, -0.1) is 0 Å². The van der Waals surface area contributed by atoms with E-state index in [1.54, 1.807) is 16.9 Å². The van der Waals surface area contributed by atoms with Crippen molar-refractivity contribution < 1.29 is 4.79 Å². The molecule has 0 aliphatic rings. The molecule has 0 fully saturated rings. The predicted molar refractivity (Wildman–Crippen MR) is 100 cm³/mol. The third-order valence-corrected chi connectivity index (χ3v) is 4.14. The number of aromatic nitrogens is 4. The average molecular weight is 364 g/mol. The molecule has 0 saturated carbocycles. The summed E-state index contributed by atoms with van der Waals surface area (Å²) in [6, 6.07) is 16.6. The molecular formula is C19H14ClN5O. The Balaban J connectivity index is 1.54. The van der Waals surface area contributed by atoms with Gasteiger partial charge < -0.3 is 5.32 Å². The number of amides is 1. The maximum atomic E-state index is 12.5. The standard InChI is InChI=1S/C19H14ClN5O/c20-14-7-5-13(6-8-14)12-25-18(9-10-22-25)24-19(26)17-11-21-15-3-1-2-4-16(15)23-17/h1-11H,12H2,(H,24,26). The molecule has 26 heavy (non-hydrogen) atoms. The summed E-state index contributed by atoms with van der Waals surface area (Å²) in [5.74, 6) is 0.251. The van der Waals surface area contributed by atoms with Crippen molar-refractivity contribution in [2.75, 3.05) is 5.32 Å². The third-order valence-electron chi connectivity index (χ3n) is 3.88. The second-order valence-corrected chi connectivity index (χ2v) is 6.14. The molecule has 0 aliphatic carbocycles. The molecule has 0 bridgehead atoms. The summed E-state index contributed by atoms with van der Waals surface area (Å²) in [5.41, 5.74) is 2.70. The highest BCUT2D eigenvalue weighted by atomic mass is 35.5. The van der Waals surface area contributed by atoms with Crippen LogP contribution in [-0.4, -0.2) is 25.7 Å². The van der Waals surface area contributed by atoms with Crippen LogP contribution in [0.2, 0.25) is 5.02 Å². The lowest BCUT2D eigenvalue weighted by Gasteiger charge is -2.09. The van der Waals surface area contributed by atoms with Crippen LogP contribution in [0.5, 0.6) is 0 Å². The Morgan fingerprint density at radius 2 is 1.81 bits per heavy atom. The van der Waals surface area contributed by atoms with E-state index in [4.69, 9.17) is 11.6 Å². The van der Waals surface area contributed by atoms with Gasteiger partial charge in [0.05, 0.1) is 30.0 Å². The van der Waals surface area contributed by atoms with Crippen LogP contribution in [0.4, 0.5) is 5.82 Å². The Hall–Kier alpha value is -3.25. The summed E-state index contributed by atoms with van der Waals surface area (Å²) >= 11 is 5.91. The lowest BCUT2D eigenvalue weighted by Crippen LogP contribution is -2.17. The van der Waals surface area contributed by atoms with Crippen molar-refractivity contribution in [1.29, 1.82) is 0 Å². The number of anilines is 1. The van der Waals surface area contributed by atoms with Crippen molar-refractivity contribution in [2.24, 2.45) is 0 Å². The zero-order valence-electron chi connectivity index (χ0n) is 13.6. The minimum atomic E-state index is -0.332. The van der Waals surface area contributed by atoms with Gasteiger partial charge in [-0.1, -0.05) is 35.9 Å². The van der Waals surface area contributed by atoms with E-state index in [-0.39, 0.29) is 11.6 Å². The van der Waals surface area contributed by atoms with Crippen LogP contribution in [0, 0.1) is 0 Å². The first-order chi connectivity index (χ1) is 12.7. The van der Waals surface area contributed by atoms with Crippen molar-refractivity contribution in [3.63, 3.8) is 0 Å². The van der Waals surface area contributed by atoms with Crippen molar-refractivity contribution >= 4 is 34.4 Å². The number of halogens is 1. The molecule has 0 unspecified atom stereocenters. The van der Waals surface area contributed by atoms with Crippen LogP contribution in [0.15, 0.2) is 67.0 Å². The van der Waals surface area contributed by atoms with E-state index >= 15 is 0 Å². The van der Waals surface area contributed by atoms with Crippen molar-refractivity contribution in [2.45, 2.75) is 6.54 Å². The van der Waals surface area contributed by atoms with Crippen molar-refractivity contribution in [3.05, 3.63) is 83.3 Å². The van der Waals surface area contributed by atoms with E-state index in [0.717, 1.165) is 11.1 Å². The molecule has 6 nitrogen and oxygen atoms in total. The highest BCUT2D eigenvalue weighted by Gasteiger charge is 2.12. The first-order valence-corrected chi connectivity index (χ1v) is 8.36. The molecular weight excluding hydrogens is 350 g/mol. The molecule has 2 heterocycles. The number of fused-ring (bicyclic) bond motifs is 1. The number of para-hydroxylation sites is 2. The average Bonchev–Trinajstić information content (AvgIpc) is 3.10. The van der Waals surface area contributed by atoms with Gasteiger partial charge in [0.25, 0.3) is 5.91 Å². The van der Waals surface area contributed by atoms with Gasteiger partial charge in [-0.2, -0.15) is 5.10 Å². The fourth-order valence-electron chi connectivity index (χ4n) is 2.57. The molecule has 128 valence electrons. The molecule has 1 N–H and O–H groups in total. The molecule has 0 spiro atoms. The Labute approximate surface area is 154 Å². The second-order valence-electron chi connectivity index (χ2n) is 5.70. The monoisotopic (exact) mass is 363 g/mol. The zero-order chi connectivity index (χ0) is 17.9. The fraction of sp³-hybridized carbons (Fsp3) is 0.0526. The zero-order valence-corrected chi connectivity index (χ0v) is 14.4. The van der Waals surface area contributed by atoms with Crippen LogP contribution in [0.3, 0.4) is 0 Å². The van der Waals surface area contributed by atoms with E-state index in [1.165, 1.54) is 6.20 Å². The van der Waals surface area contributed by atoms with E-state index in [2.05, 4.69) is 20.4 Å². The lowest BCUT2D eigenvalue weighted by atomic mass is 10.2. The number of hydrogen-bond acceptors (Lipinski definition) is 4. The molecule has 4 aromatic rings. The highest BCUT2D eigenvalue weighted by molar-refractivity contribution is 6.30. The number of nitrogens with one attached hydrogen (secondary N) is 1. The minimum absolute atomic E-state index is 0.253. The molecule has 1 amide bonds. The number of carbonyl (C=O) groups excluding carboxylic acids is 1. The molecule has 0 radical (unpaired) electrons. The van der Waals surface area contributed by atoms with Crippen LogP contribution in [0.1, 0.15) is 16.1 Å². The van der Waals surface area contributed by atoms with Gasteiger partial charge >= 0.3 is 0 Å². The lowest BCUT2D eigenvalue weighted by molar-refractivity contribution is 0.102. The number of nitrogens with zero attached hydrogens (tertiary/aromatic N) is 4. The Bertz CT molecular complexity index is 1070. The molecule has 0 aliphatic heterocycles. The fourth-order valence-corrected chi connectivity index (χ4v) is 2.70. The van der Waals surface area contributed by atoms with Crippen LogP contribution in [-0.2, 0) is 6.54 Å². The molecule has 7 heteroatoms. The van der Waals surface area contributed by atoms with Crippen molar-refractivity contribution in [1.82, 2.24) is 19.7 Å². The summed E-state index contributed by atoms with van der Waals surface area (Å²) < 4.78 is 1.70. The summed E-state index contributed by atoms with van der Waals surface area (Å²) in [7, 11) is 0. The maximum absolute atomic E-state index is 12.5. The summed E-state index contributed by atoms with van der Waals surface area (Å²) in [5, 5.41) is 7.78.